The van der Waals surface area contributed by atoms with Crippen molar-refractivity contribution >= 4 is 52.3 Å². The normalized spacial score (nSPS) is 17.6. The van der Waals surface area contributed by atoms with Crippen LogP contribution in [0.25, 0.3) is 11.1 Å². The van der Waals surface area contributed by atoms with E-state index in [-0.39, 0.29) is 49.2 Å². The molecule has 4 aromatic carbocycles. The smallest absolute Gasteiger partial charge is 0.451 e. The van der Waals surface area contributed by atoms with Gasteiger partial charge in [0.2, 0.25) is 0 Å². The predicted molar refractivity (Wildman–Crippen MR) is 328 cm³/mol. The van der Waals surface area contributed by atoms with Gasteiger partial charge in [-0.15, -0.1) is 0 Å². The van der Waals surface area contributed by atoms with Gasteiger partial charge in [0.25, 0.3) is 0 Å². The van der Waals surface area contributed by atoms with Crippen molar-refractivity contribution in [2.45, 2.75) is 115 Å². The van der Waals surface area contributed by atoms with Crippen molar-refractivity contribution in [2.75, 3.05) is 23.9 Å². The monoisotopic (exact) mass is 1270 g/mol. The average Bonchev–Trinajstić information content (AvgIpc) is 1.94. The summed E-state index contributed by atoms with van der Waals surface area (Å²) in [6.45, 7) is 8.21. The molecule has 0 aliphatic heterocycles. The second-order valence-corrected chi connectivity index (χ2v) is 22.3. The average molecular weight is 1270 g/mol. The number of carbonyl (C=O) groups is 2. The number of hydrogen-bond acceptors (Lipinski definition) is 20. The Morgan fingerprint density at radius 3 is 1.50 bits per heavy atom. The molecular formula is C62H68BBrF2N12O10. The van der Waals surface area contributed by atoms with Gasteiger partial charge in [-0.3, -0.25) is 0 Å². The van der Waals surface area contributed by atoms with E-state index in [0.29, 0.717) is 87.1 Å². The summed E-state index contributed by atoms with van der Waals surface area (Å²) in [7, 11) is 2.11. The van der Waals surface area contributed by atoms with Crippen LogP contribution in [-0.2, 0) is 22.7 Å². The van der Waals surface area contributed by atoms with Crippen LogP contribution in [0.5, 0.6) is 23.0 Å². The summed E-state index contributed by atoms with van der Waals surface area (Å²) in [5.74, 6) is 1.77. The molecule has 88 heavy (non-hydrogen) atoms. The van der Waals surface area contributed by atoms with Gasteiger partial charge in [-0.05, 0) is 101 Å². The number of amides is 2. The zero-order valence-electron chi connectivity index (χ0n) is 49.1. The first-order valence-electron chi connectivity index (χ1n) is 28.3. The first kappa shape index (κ1) is 65.2. The molecule has 460 valence electrons. The van der Waals surface area contributed by atoms with Crippen LogP contribution in [0.3, 0.4) is 0 Å². The summed E-state index contributed by atoms with van der Waals surface area (Å²) in [5.41, 5.74) is 4.76. The minimum Gasteiger partial charge on any atom is -0.451 e. The summed E-state index contributed by atoms with van der Waals surface area (Å²) >= 11 is 3.29. The highest BCUT2D eigenvalue weighted by molar-refractivity contribution is 9.10. The Morgan fingerprint density at radius 1 is 0.580 bits per heavy atom. The molecule has 10 rings (SSSR count). The topological polar surface area (TPSA) is 286 Å². The molecule has 2 aliphatic carbocycles. The van der Waals surface area contributed by atoms with Crippen molar-refractivity contribution in [1.29, 1.82) is 0 Å². The van der Waals surface area contributed by atoms with Gasteiger partial charge in [0.05, 0.1) is 46.9 Å². The lowest BCUT2D eigenvalue weighted by atomic mass is 9.78. The first-order valence-corrected chi connectivity index (χ1v) is 29.0. The number of aliphatic hydroxyl groups is 2. The van der Waals surface area contributed by atoms with Crippen molar-refractivity contribution in [1.82, 2.24) is 50.5 Å². The number of rotatable bonds is 18. The first-order chi connectivity index (χ1) is 42.3. The zero-order chi connectivity index (χ0) is 62.9. The van der Waals surface area contributed by atoms with E-state index in [1.807, 2.05) is 93.3 Å². The fourth-order valence-corrected chi connectivity index (χ4v) is 10.6. The van der Waals surface area contributed by atoms with Gasteiger partial charge >= 0.3 is 19.3 Å². The number of aromatic nitrogens is 8. The SMILES string of the molecule is CC(C)c1ncncc1-c1cc(F)ccc1Oc1cncnc1N(C)[C@H]1C[C@@H](NC(=O)OCc2ccccc2)C[C@H]1O.CC(C)c1ncncc1B(O)O.CN(c1ncncc1Oc1ccc(F)cc1Br)[C@H]1C[C@@H](NC(=O)OCc2ccccc2)C[C@H]1O. The number of benzene rings is 4. The zero-order valence-corrected chi connectivity index (χ0v) is 50.7. The molecule has 2 aliphatic rings. The van der Waals surface area contributed by atoms with Gasteiger partial charge < -0.3 is 59.6 Å². The number of alkyl carbamates (subject to hydrolysis) is 2. The quantitative estimate of drug-likeness (QED) is 0.0437. The molecule has 6 N–H and O–H groups in total. The number of likely N-dealkylation sites (N-methyl/N-ethyl adjacent to an activating group) is 2. The maximum Gasteiger partial charge on any atom is 0.491 e. The third kappa shape index (κ3) is 17.7. The van der Waals surface area contributed by atoms with Gasteiger partial charge in [-0.25, -0.2) is 58.2 Å². The molecule has 2 amide bonds. The molecule has 0 bridgehead atoms. The van der Waals surface area contributed by atoms with Crippen LogP contribution in [0.1, 0.15) is 87.7 Å². The lowest BCUT2D eigenvalue weighted by Crippen LogP contribution is -2.39. The van der Waals surface area contributed by atoms with E-state index in [1.54, 1.807) is 31.3 Å². The van der Waals surface area contributed by atoms with Crippen molar-refractivity contribution in [3.63, 3.8) is 0 Å². The maximum atomic E-state index is 14.4. The van der Waals surface area contributed by atoms with Gasteiger partial charge in [0.1, 0.15) is 61.7 Å². The van der Waals surface area contributed by atoms with E-state index in [2.05, 4.69) is 66.4 Å². The molecule has 2 fully saturated rings. The van der Waals surface area contributed by atoms with Gasteiger partial charge in [-0.1, -0.05) is 88.4 Å². The van der Waals surface area contributed by atoms with Crippen molar-refractivity contribution in [2.24, 2.45) is 0 Å². The molecule has 0 radical (unpaired) electrons. The maximum absolute atomic E-state index is 14.4. The molecule has 2 saturated carbocycles. The number of nitrogens with zero attached hydrogens (tertiary/aromatic N) is 10. The Hall–Kier alpha value is -8.82. The van der Waals surface area contributed by atoms with Crippen LogP contribution in [0.15, 0.2) is 152 Å². The van der Waals surface area contributed by atoms with Crippen LogP contribution >= 0.6 is 15.9 Å². The van der Waals surface area contributed by atoms with E-state index in [0.717, 1.165) is 16.8 Å². The van der Waals surface area contributed by atoms with E-state index in [4.69, 9.17) is 29.0 Å². The van der Waals surface area contributed by atoms with E-state index < -0.39 is 43.1 Å². The summed E-state index contributed by atoms with van der Waals surface area (Å²) in [6, 6.07) is 25.9. The van der Waals surface area contributed by atoms with Crippen molar-refractivity contribution < 1.29 is 57.6 Å². The van der Waals surface area contributed by atoms with Gasteiger partial charge in [0.15, 0.2) is 23.1 Å². The van der Waals surface area contributed by atoms with Crippen LogP contribution in [0, 0.1) is 11.6 Å². The second-order valence-electron chi connectivity index (χ2n) is 21.4. The van der Waals surface area contributed by atoms with E-state index in [9.17, 15) is 28.6 Å². The fraction of sp³-hybridized carbons (Fsp3) is 0.323. The van der Waals surface area contributed by atoms with Crippen LogP contribution < -0.4 is 35.4 Å². The molecule has 6 atom stereocenters. The molecule has 22 nitrogen and oxygen atoms in total. The summed E-state index contributed by atoms with van der Waals surface area (Å²) in [6.07, 6.45) is 10.9. The number of nitrogens with one attached hydrogen (secondary N) is 2. The fourth-order valence-electron chi connectivity index (χ4n) is 10.2. The Balaban J connectivity index is 0.000000195. The number of ether oxygens (including phenoxy) is 4. The van der Waals surface area contributed by atoms with Crippen LogP contribution in [-0.4, -0.2) is 130 Å². The van der Waals surface area contributed by atoms with Gasteiger partial charge in [-0.2, -0.15) is 0 Å². The third-order valence-corrected chi connectivity index (χ3v) is 15.1. The molecule has 8 aromatic rings. The molecule has 4 heterocycles. The highest BCUT2D eigenvalue weighted by Gasteiger charge is 2.39. The number of hydrogen-bond donors (Lipinski definition) is 6. The molecule has 4 aromatic heterocycles. The highest BCUT2D eigenvalue weighted by Crippen LogP contribution is 2.41. The van der Waals surface area contributed by atoms with Crippen molar-refractivity contribution in [3.05, 3.63) is 186 Å². The number of aliphatic hydroxyl groups excluding tert-OH is 2. The standard InChI is InChI=1S/C31H33FN6O4.C24H24BrFN4O4.C7H11BN2O2/c1-19(2)29-24(14-33-17-35-29)23-11-21(32)9-10-27(23)42-28-15-34-18-36-30(28)38(3)25-12-22(13-26(25)39)37-31(40)41-16-20-7-5-4-6-8-20;1-30(23-22(12-27-14-28-23)34-21-8-7-16(26)9-18(21)25)19-10-17(11-20(19)31)29-24(32)33-13-15-5-3-2-4-6-15;1-5(2)7-6(8(11)12)3-9-4-10-7/h4-11,14-15,17-19,22,25-26,39H,12-13,16H2,1-3H3,(H,37,40);2-9,12,14,17,19-20,31H,10-11,13H2,1H3,(H,29,32);3-5,11-12H,1-2H3/t22-,25+,26-;17-,19+,20-;/m11./s1. The van der Waals surface area contributed by atoms with Crippen LogP contribution in [0.2, 0.25) is 0 Å². The minimum absolute atomic E-state index is 0.0712. The summed E-state index contributed by atoms with van der Waals surface area (Å²) < 4.78 is 51.2. The third-order valence-electron chi connectivity index (χ3n) is 14.5. The molecule has 0 unspecified atom stereocenters. The largest absolute Gasteiger partial charge is 0.491 e. The number of anilines is 2. The second kappa shape index (κ2) is 31.2. The number of carbonyl (C=O) groups excluding carboxylic acids is 2. The van der Waals surface area contributed by atoms with E-state index >= 15 is 0 Å². The van der Waals surface area contributed by atoms with Crippen LogP contribution in [0.4, 0.5) is 30.0 Å². The Kier molecular flexibility index (Phi) is 23.1. The minimum atomic E-state index is -1.48. The Bertz CT molecular complexity index is 3550. The number of halogens is 3. The predicted octanol–water partition coefficient (Wildman–Crippen LogP) is 8.95. The highest BCUT2D eigenvalue weighted by atomic mass is 79.9. The summed E-state index contributed by atoms with van der Waals surface area (Å²) in [5, 5.41) is 45.2. The lowest BCUT2D eigenvalue weighted by molar-refractivity contribution is 0.132. The van der Waals surface area contributed by atoms with E-state index in [1.165, 1.54) is 74.2 Å². The Labute approximate surface area is 516 Å². The van der Waals surface area contributed by atoms with Crippen molar-refractivity contribution in [3.8, 4) is 34.1 Å². The molecule has 26 heteroatoms. The molecular weight excluding hydrogens is 1200 g/mol. The summed E-state index contributed by atoms with van der Waals surface area (Å²) in [4.78, 5) is 61.4. The molecule has 0 spiro atoms. The Morgan fingerprint density at radius 2 is 1.02 bits per heavy atom. The molecule has 0 saturated heterocycles. The van der Waals surface area contributed by atoms with Gasteiger partial charge in [0, 0.05) is 60.9 Å². The lowest BCUT2D eigenvalue weighted by Gasteiger charge is -2.29.